The van der Waals surface area contributed by atoms with Gasteiger partial charge in [-0.05, 0) is 0 Å². The highest BCUT2D eigenvalue weighted by molar-refractivity contribution is 7.09. The van der Waals surface area contributed by atoms with Crippen LogP contribution in [0.4, 0.5) is 5.13 Å². The van der Waals surface area contributed by atoms with Crippen LogP contribution in [0.15, 0.2) is 6.33 Å². The molecule has 1 aromatic heterocycles. The van der Waals surface area contributed by atoms with E-state index in [2.05, 4.69) is 9.36 Å². The first-order valence-electron chi connectivity index (χ1n) is 4.98. The fourth-order valence-corrected chi connectivity index (χ4v) is 2.24. The van der Waals surface area contributed by atoms with Crippen molar-refractivity contribution in [3.63, 3.8) is 0 Å². The average molecular weight is 229 g/mol. The molecule has 84 valence electrons. The Labute approximate surface area is 92.9 Å². The van der Waals surface area contributed by atoms with Gasteiger partial charge in [-0.2, -0.15) is 4.37 Å². The topological polar surface area (TPSA) is 58.5 Å². The molecule has 1 aliphatic heterocycles. The number of aromatic nitrogens is 2. The van der Waals surface area contributed by atoms with Crippen molar-refractivity contribution in [2.75, 3.05) is 31.7 Å². The van der Waals surface area contributed by atoms with E-state index in [0.29, 0.717) is 32.6 Å². The molecule has 0 aromatic carbocycles. The zero-order chi connectivity index (χ0) is 10.7. The molecule has 5 nitrogen and oxygen atoms in total. The zero-order valence-electron chi connectivity index (χ0n) is 8.72. The molecule has 0 atom stereocenters. The Morgan fingerprint density at radius 2 is 2.33 bits per heavy atom. The van der Waals surface area contributed by atoms with Gasteiger partial charge in [0.15, 0.2) is 0 Å². The molecule has 0 bridgehead atoms. The predicted octanol–water partition coefficient (Wildman–Crippen LogP) is 0.516. The van der Waals surface area contributed by atoms with Gasteiger partial charge < -0.3 is 14.7 Å². The second-order valence-corrected chi connectivity index (χ2v) is 4.68. The van der Waals surface area contributed by atoms with Gasteiger partial charge in [0.05, 0.1) is 5.60 Å². The molecule has 0 radical (unpaired) electrons. The van der Waals surface area contributed by atoms with Crippen molar-refractivity contribution in [2.24, 2.45) is 0 Å². The van der Waals surface area contributed by atoms with Gasteiger partial charge in [0, 0.05) is 51.2 Å². The molecule has 0 unspecified atom stereocenters. The van der Waals surface area contributed by atoms with E-state index in [1.807, 2.05) is 11.9 Å². The molecule has 1 fully saturated rings. The van der Waals surface area contributed by atoms with E-state index < -0.39 is 5.60 Å². The molecule has 2 rings (SSSR count). The quantitative estimate of drug-likeness (QED) is 0.818. The van der Waals surface area contributed by atoms with Gasteiger partial charge in [0.25, 0.3) is 0 Å². The lowest BCUT2D eigenvalue weighted by Gasteiger charge is -2.35. The van der Waals surface area contributed by atoms with Gasteiger partial charge in [0.1, 0.15) is 6.33 Å². The zero-order valence-corrected chi connectivity index (χ0v) is 9.53. The van der Waals surface area contributed by atoms with Crippen LogP contribution in [0, 0.1) is 0 Å². The molecule has 0 spiro atoms. The Morgan fingerprint density at radius 1 is 1.60 bits per heavy atom. The van der Waals surface area contributed by atoms with E-state index in [1.165, 1.54) is 17.9 Å². The van der Waals surface area contributed by atoms with Gasteiger partial charge in [-0.1, -0.05) is 0 Å². The van der Waals surface area contributed by atoms with Crippen LogP contribution in [0.2, 0.25) is 0 Å². The Kier molecular flexibility index (Phi) is 3.18. The number of hydrogen-bond donors (Lipinski definition) is 1. The molecule has 0 amide bonds. The smallest absolute Gasteiger partial charge is 0.204 e. The molecule has 0 saturated carbocycles. The summed E-state index contributed by atoms with van der Waals surface area (Å²) in [5.74, 6) is 0. The highest BCUT2D eigenvalue weighted by Crippen LogP contribution is 2.24. The maximum atomic E-state index is 10.3. The lowest BCUT2D eigenvalue weighted by Crippen LogP contribution is -2.45. The van der Waals surface area contributed by atoms with Crippen LogP contribution in [0.1, 0.15) is 12.8 Å². The highest BCUT2D eigenvalue weighted by Gasteiger charge is 2.31. The SMILES string of the molecule is CN(CC1(O)CCOCC1)c1ncns1. The largest absolute Gasteiger partial charge is 0.388 e. The number of likely N-dealkylation sites (N-methyl/N-ethyl adjacent to an activating group) is 1. The van der Waals surface area contributed by atoms with Gasteiger partial charge in [-0.25, -0.2) is 4.98 Å². The number of rotatable bonds is 3. The lowest BCUT2D eigenvalue weighted by atomic mass is 9.94. The summed E-state index contributed by atoms with van der Waals surface area (Å²) in [6.07, 6.45) is 2.91. The van der Waals surface area contributed by atoms with Crippen molar-refractivity contribution in [1.82, 2.24) is 9.36 Å². The minimum atomic E-state index is -0.640. The van der Waals surface area contributed by atoms with E-state index >= 15 is 0 Å². The predicted molar refractivity (Wildman–Crippen MR) is 58.2 cm³/mol. The first kappa shape index (κ1) is 10.8. The second kappa shape index (κ2) is 4.42. The maximum absolute atomic E-state index is 10.3. The fourth-order valence-electron chi connectivity index (χ4n) is 1.75. The molecular weight excluding hydrogens is 214 g/mol. The standard InChI is InChI=1S/C9H15N3O2S/c1-12(8-10-7-11-15-8)6-9(13)2-4-14-5-3-9/h7,13H,2-6H2,1H3. The van der Waals surface area contributed by atoms with Crippen LogP contribution in [0.3, 0.4) is 0 Å². The van der Waals surface area contributed by atoms with Crippen LogP contribution in [-0.2, 0) is 4.74 Å². The molecule has 1 aliphatic rings. The van der Waals surface area contributed by atoms with E-state index in [4.69, 9.17) is 4.74 Å². The molecule has 15 heavy (non-hydrogen) atoms. The van der Waals surface area contributed by atoms with Gasteiger partial charge in [-0.3, -0.25) is 0 Å². The number of hydrogen-bond acceptors (Lipinski definition) is 6. The van der Waals surface area contributed by atoms with E-state index in [0.717, 1.165) is 5.13 Å². The van der Waals surface area contributed by atoms with Gasteiger partial charge in [0.2, 0.25) is 5.13 Å². The summed E-state index contributed by atoms with van der Waals surface area (Å²) >= 11 is 1.34. The summed E-state index contributed by atoms with van der Waals surface area (Å²) in [5.41, 5.74) is -0.640. The Bertz CT molecular complexity index is 298. The number of anilines is 1. The molecule has 1 N–H and O–H groups in total. The maximum Gasteiger partial charge on any atom is 0.204 e. The minimum Gasteiger partial charge on any atom is -0.388 e. The normalized spacial score (nSPS) is 20.1. The first-order valence-corrected chi connectivity index (χ1v) is 5.75. The van der Waals surface area contributed by atoms with Crippen LogP contribution in [0.5, 0.6) is 0 Å². The van der Waals surface area contributed by atoms with Crippen molar-refractivity contribution in [2.45, 2.75) is 18.4 Å². The van der Waals surface area contributed by atoms with Gasteiger partial charge in [-0.15, -0.1) is 0 Å². The molecule has 0 aliphatic carbocycles. The van der Waals surface area contributed by atoms with Gasteiger partial charge >= 0.3 is 0 Å². The minimum absolute atomic E-state index is 0.589. The number of ether oxygens (including phenoxy) is 1. The van der Waals surface area contributed by atoms with Crippen LogP contribution in [0.25, 0.3) is 0 Å². The molecular formula is C9H15N3O2S. The monoisotopic (exact) mass is 229 g/mol. The third kappa shape index (κ3) is 2.64. The van der Waals surface area contributed by atoms with E-state index in [9.17, 15) is 5.11 Å². The first-order chi connectivity index (χ1) is 7.20. The highest BCUT2D eigenvalue weighted by atomic mass is 32.1. The van der Waals surface area contributed by atoms with Crippen molar-refractivity contribution in [1.29, 1.82) is 0 Å². The summed E-state index contributed by atoms with van der Waals surface area (Å²) < 4.78 is 9.17. The van der Waals surface area contributed by atoms with Crippen molar-refractivity contribution in [3.8, 4) is 0 Å². The Balaban J connectivity index is 1.95. The van der Waals surface area contributed by atoms with Crippen LogP contribution in [-0.4, -0.2) is 46.9 Å². The lowest BCUT2D eigenvalue weighted by molar-refractivity contribution is -0.0572. The Morgan fingerprint density at radius 3 is 2.93 bits per heavy atom. The molecule has 2 heterocycles. The van der Waals surface area contributed by atoms with Crippen molar-refractivity contribution >= 4 is 16.7 Å². The van der Waals surface area contributed by atoms with E-state index in [1.54, 1.807) is 0 Å². The average Bonchev–Trinajstić information content (AvgIpc) is 2.70. The summed E-state index contributed by atoms with van der Waals surface area (Å²) in [5, 5.41) is 11.1. The number of aliphatic hydroxyl groups is 1. The summed E-state index contributed by atoms with van der Waals surface area (Å²) in [4.78, 5) is 6.05. The third-order valence-electron chi connectivity index (χ3n) is 2.63. The van der Waals surface area contributed by atoms with Crippen molar-refractivity contribution in [3.05, 3.63) is 6.33 Å². The summed E-state index contributed by atoms with van der Waals surface area (Å²) in [6.45, 7) is 1.87. The third-order valence-corrected chi connectivity index (χ3v) is 3.41. The molecule has 1 saturated heterocycles. The van der Waals surface area contributed by atoms with Crippen LogP contribution >= 0.6 is 11.5 Å². The fraction of sp³-hybridized carbons (Fsp3) is 0.778. The van der Waals surface area contributed by atoms with E-state index in [-0.39, 0.29) is 0 Å². The van der Waals surface area contributed by atoms with Crippen molar-refractivity contribution < 1.29 is 9.84 Å². The molecule has 1 aromatic rings. The number of nitrogens with zero attached hydrogens (tertiary/aromatic N) is 3. The Hall–Kier alpha value is -0.720. The second-order valence-electron chi connectivity index (χ2n) is 3.92. The van der Waals surface area contributed by atoms with Crippen LogP contribution < -0.4 is 4.90 Å². The summed E-state index contributed by atoms with van der Waals surface area (Å²) in [7, 11) is 1.92. The summed E-state index contributed by atoms with van der Waals surface area (Å²) in [6, 6.07) is 0. The molecule has 6 heteroatoms.